The van der Waals surface area contributed by atoms with Crippen LogP contribution in [-0.4, -0.2) is 36.5 Å². The van der Waals surface area contributed by atoms with Gasteiger partial charge >= 0.3 is 6.03 Å². The molecule has 2 aromatic rings. The summed E-state index contributed by atoms with van der Waals surface area (Å²) in [5.41, 5.74) is 1.61. The molecule has 1 atom stereocenters. The van der Waals surface area contributed by atoms with E-state index in [0.29, 0.717) is 26.1 Å². The summed E-state index contributed by atoms with van der Waals surface area (Å²) in [7, 11) is 0. The molecule has 2 aliphatic rings. The summed E-state index contributed by atoms with van der Waals surface area (Å²) in [6.45, 7) is 2.00. The number of amides is 3. The van der Waals surface area contributed by atoms with Gasteiger partial charge in [0.15, 0.2) is 0 Å². The van der Waals surface area contributed by atoms with Gasteiger partial charge in [-0.05, 0) is 30.7 Å². The number of likely N-dealkylation sites (tertiary alicyclic amines) is 1. The predicted octanol–water partition coefficient (Wildman–Crippen LogP) is 3.35. The fraction of sp³-hybridized carbons (Fsp3) is 0.300. The number of nitrogens with zero attached hydrogens (tertiary/aromatic N) is 2. The third kappa shape index (κ3) is 3.09. The number of urea groups is 1. The first kappa shape index (κ1) is 15.7. The van der Waals surface area contributed by atoms with Gasteiger partial charge in [-0.2, -0.15) is 0 Å². The van der Waals surface area contributed by atoms with E-state index in [2.05, 4.69) is 5.32 Å². The first-order valence-corrected chi connectivity index (χ1v) is 8.62. The van der Waals surface area contributed by atoms with E-state index in [4.69, 9.17) is 0 Å². The van der Waals surface area contributed by atoms with Gasteiger partial charge in [-0.15, -0.1) is 0 Å². The lowest BCUT2D eigenvalue weighted by Gasteiger charge is -2.24. The van der Waals surface area contributed by atoms with Crippen molar-refractivity contribution in [3.05, 3.63) is 60.7 Å². The van der Waals surface area contributed by atoms with Gasteiger partial charge in [0.2, 0.25) is 5.91 Å². The highest BCUT2D eigenvalue weighted by Crippen LogP contribution is 2.41. The van der Waals surface area contributed by atoms with E-state index in [1.165, 1.54) is 0 Å². The third-order valence-corrected chi connectivity index (χ3v) is 5.14. The van der Waals surface area contributed by atoms with Gasteiger partial charge in [-0.25, -0.2) is 4.79 Å². The molecule has 0 bridgehead atoms. The van der Waals surface area contributed by atoms with Crippen LogP contribution in [0.15, 0.2) is 60.7 Å². The van der Waals surface area contributed by atoms with Crippen LogP contribution in [0.1, 0.15) is 12.8 Å². The molecule has 25 heavy (non-hydrogen) atoms. The van der Waals surface area contributed by atoms with E-state index < -0.39 is 0 Å². The highest BCUT2D eigenvalue weighted by molar-refractivity contribution is 5.97. The Morgan fingerprint density at radius 1 is 0.960 bits per heavy atom. The van der Waals surface area contributed by atoms with Crippen molar-refractivity contribution in [3.8, 4) is 0 Å². The summed E-state index contributed by atoms with van der Waals surface area (Å²) in [4.78, 5) is 28.7. The minimum atomic E-state index is -0.124. The van der Waals surface area contributed by atoms with Crippen LogP contribution < -0.4 is 10.2 Å². The van der Waals surface area contributed by atoms with E-state index in [1.54, 1.807) is 0 Å². The minimum absolute atomic E-state index is 0.0892. The lowest BCUT2D eigenvalue weighted by Crippen LogP contribution is -2.36. The molecule has 0 radical (unpaired) electrons. The number of carbonyl (C=O) groups excluding carboxylic acids is 2. The number of hydrogen-bond donors (Lipinski definition) is 1. The summed E-state index contributed by atoms with van der Waals surface area (Å²) >= 11 is 0. The standard InChI is InChI=1S/C20H21N3O2/c24-18-13-20(15-23(18)17-9-5-2-6-10-17)11-12-22(14-20)19(25)21-16-7-3-1-4-8-16/h1-10H,11-15H2,(H,21,25)/t20-/m0/s1. The first-order valence-electron chi connectivity index (χ1n) is 8.62. The number of anilines is 2. The first-order chi connectivity index (χ1) is 12.2. The van der Waals surface area contributed by atoms with Gasteiger partial charge in [-0.3, -0.25) is 4.79 Å². The van der Waals surface area contributed by atoms with Crippen LogP contribution >= 0.6 is 0 Å². The zero-order valence-electron chi connectivity index (χ0n) is 14.0. The van der Waals surface area contributed by atoms with Crippen LogP contribution in [0.2, 0.25) is 0 Å². The van der Waals surface area contributed by atoms with Crippen molar-refractivity contribution in [3.63, 3.8) is 0 Å². The van der Waals surface area contributed by atoms with Crippen molar-refractivity contribution < 1.29 is 9.59 Å². The second-order valence-electron chi connectivity index (χ2n) is 6.96. The van der Waals surface area contributed by atoms with Gasteiger partial charge in [0.25, 0.3) is 0 Å². The average molecular weight is 335 g/mol. The molecule has 128 valence electrons. The van der Waals surface area contributed by atoms with Crippen LogP contribution in [0.5, 0.6) is 0 Å². The molecule has 0 aromatic heterocycles. The van der Waals surface area contributed by atoms with E-state index in [0.717, 1.165) is 17.8 Å². The summed E-state index contributed by atoms with van der Waals surface area (Å²) in [6, 6.07) is 19.1. The van der Waals surface area contributed by atoms with Crippen LogP contribution in [0.3, 0.4) is 0 Å². The lowest BCUT2D eigenvalue weighted by molar-refractivity contribution is -0.117. The molecule has 1 spiro atoms. The van der Waals surface area contributed by atoms with Crippen molar-refractivity contribution in [2.24, 2.45) is 5.41 Å². The SMILES string of the molecule is O=C(Nc1ccccc1)N1CC[C@]2(CC(=O)N(c3ccccc3)C2)C1. The van der Waals surface area contributed by atoms with E-state index >= 15 is 0 Å². The minimum Gasteiger partial charge on any atom is -0.324 e. The van der Waals surface area contributed by atoms with Crippen LogP contribution in [0.4, 0.5) is 16.2 Å². The van der Waals surface area contributed by atoms with Crippen LogP contribution in [-0.2, 0) is 4.79 Å². The van der Waals surface area contributed by atoms with Crippen LogP contribution in [0, 0.1) is 5.41 Å². The molecule has 0 aliphatic carbocycles. The summed E-state index contributed by atoms with van der Waals surface area (Å²) in [6.07, 6.45) is 1.38. The highest BCUT2D eigenvalue weighted by atomic mass is 16.2. The Morgan fingerprint density at radius 2 is 1.64 bits per heavy atom. The van der Waals surface area contributed by atoms with Crippen molar-refractivity contribution in [2.45, 2.75) is 12.8 Å². The molecule has 2 heterocycles. The number of rotatable bonds is 2. The monoisotopic (exact) mass is 335 g/mol. The molecular weight excluding hydrogens is 314 g/mol. The Labute approximate surface area is 147 Å². The van der Waals surface area contributed by atoms with Crippen molar-refractivity contribution in [2.75, 3.05) is 29.9 Å². The second kappa shape index (κ2) is 6.24. The Morgan fingerprint density at radius 3 is 2.36 bits per heavy atom. The second-order valence-corrected chi connectivity index (χ2v) is 6.96. The third-order valence-electron chi connectivity index (χ3n) is 5.14. The topological polar surface area (TPSA) is 52.7 Å². The number of nitrogens with one attached hydrogen (secondary N) is 1. The Balaban J connectivity index is 1.43. The fourth-order valence-corrected chi connectivity index (χ4v) is 3.84. The number of carbonyl (C=O) groups is 2. The molecule has 2 saturated heterocycles. The van der Waals surface area contributed by atoms with Gasteiger partial charge < -0.3 is 15.1 Å². The highest BCUT2D eigenvalue weighted by Gasteiger charge is 2.48. The molecule has 4 rings (SSSR count). The summed E-state index contributed by atoms with van der Waals surface area (Å²) in [5.74, 6) is 0.150. The van der Waals surface area contributed by atoms with Gasteiger partial charge in [0.1, 0.15) is 0 Å². The Hall–Kier alpha value is -2.82. The maximum atomic E-state index is 12.5. The van der Waals surface area contributed by atoms with Gasteiger partial charge in [-0.1, -0.05) is 36.4 Å². The zero-order valence-corrected chi connectivity index (χ0v) is 14.0. The molecule has 5 heteroatoms. The smallest absolute Gasteiger partial charge is 0.321 e. The number of para-hydroxylation sites is 2. The maximum absolute atomic E-state index is 12.5. The summed E-state index contributed by atoms with van der Waals surface area (Å²) < 4.78 is 0. The molecule has 2 aliphatic heterocycles. The Bertz CT molecular complexity index is 778. The molecule has 0 unspecified atom stereocenters. The van der Waals surface area contributed by atoms with Crippen molar-refractivity contribution >= 4 is 23.3 Å². The molecule has 2 aromatic carbocycles. The quantitative estimate of drug-likeness (QED) is 0.915. The molecule has 0 saturated carbocycles. The fourth-order valence-electron chi connectivity index (χ4n) is 3.84. The predicted molar refractivity (Wildman–Crippen MR) is 97.5 cm³/mol. The van der Waals surface area contributed by atoms with E-state index in [1.807, 2.05) is 70.5 Å². The summed E-state index contributed by atoms with van der Waals surface area (Å²) in [5, 5.41) is 2.93. The molecular formula is C20H21N3O2. The van der Waals surface area contributed by atoms with Gasteiger partial charge in [0, 0.05) is 42.8 Å². The van der Waals surface area contributed by atoms with Crippen molar-refractivity contribution in [1.29, 1.82) is 0 Å². The molecule has 2 fully saturated rings. The lowest BCUT2D eigenvalue weighted by atomic mass is 9.86. The maximum Gasteiger partial charge on any atom is 0.321 e. The normalized spacial score (nSPS) is 22.6. The molecule has 1 N–H and O–H groups in total. The van der Waals surface area contributed by atoms with Crippen LogP contribution in [0.25, 0.3) is 0 Å². The number of benzene rings is 2. The zero-order chi connectivity index (χ0) is 17.3. The molecule has 3 amide bonds. The Kier molecular flexibility index (Phi) is 3.92. The average Bonchev–Trinajstić information content (AvgIpc) is 3.20. The number of hydrogen-bond acceptors (Lipinski definition) is 2. The largest absolute Gasteiger partial charge is 0.324 e. The van der Waals surface area contributed by atoms with Crippen molar-refractivity contribution in [1.82, 2.24) is 4.90 Å². The van der Waals surface area contributed by atoms with E-state index in [-0.39, 0.29) is 17.4 Å². The molecule has 5 nitrogen and oxygen atoms in total. The van der Waals surface area contributed by atoms with E-state index in [9.17, 15) is 9.59 Å². The van der Waals surface area contributed by atoms with Gasteiger partial charge in [0.05, 0.1) is 0 Å².